The van der Waals surface area contributed by atoms with Crippen LogP contribution in [0, 0.1) is 6.92 Å². The van der Waals surface area contributed by atoms with E-state index in [-0.39, 0.29) is 5.56 Å². The predicted molar refractivity (Wildman–Crippen MR) is 76.7 cm³/mol. The molecule has 3 heterocycles. The van der Waals surface area contributed by atoms with Gasteiger partial charge < -0.3 is 13.7 Å². The molecule has 0 aliphatic rings. The SMILES string of the molecule is CCn1c(C)nnc1Cn1ccc2ccn(C)c2c1=O. The topological polar surface area (TPSA) is 57.6 Å². The minimum Gasteiger partial charge on any atom is -0.346 e. The monoisotopic (exact) mass is 271 g/mol. The number of hydrogen-bond donors (Lipinski definition) is 0. The summed E-state index contributed by atoms with van der Waals surface area (Å²) in [5, 5.41) is 9.20. The molecule has 0 saturated heterocycles. The Morgan fingerprint density at radius 2 is 1.95 bits per heavy atom. The Labute approximate surface area is 116 Å². The zero-order valence-corrected chi connectivity index (χ0v) is 11.9. The van der Waals surface area contributed by atoms with Crippen LogP contribution in [0.4, 0.5) is 0 Å². The first kappa shape index (κ1) is 12.7. The van der Waals surface area contributed by atoms with E-state index >= 15 is 0 Å². The van der Waals surface area contributed by atoms with Crippen molar-refractivity contribution in [1.29, 1.82) is 0 Å². The van der Waals surface area contributed by atoms with Gasteiger partial charge in [-0.2, -0.15) is 0 Å². The van der Waals surface area contributed by atoms with Gasteiger partial charge in [0.1, 0.15) is 11.3 Å². The molecule has 0 radical (unpaired) electrons. The molecule has 20 heavy (non-hydrogen) atoms. The molecule has 0 aliphatic carbocycles. The number of aromatic nitrogens is 5. The highest BCUT2D eigenvalue weighted by Gasteiger charge is 2.11. The summed E-state index contributed by atoms with van der Waals surface area (Å²) in [5.41, 5.74) is 0.713. The van der Waals surface area contributed by atoms with E-state index in [2.05, 4.69) is 10.2 Å². The normalized spacial score (nSPS) is 11.3. The maximum absolute atomic E-state index is 12.5. The summed E-state index contributed by atoms with van der Waals surface area (Å²) in [5.74, 6) is 1.68. The fourth-order valence-electron chi connectivity index (χ4n) is 2.56. The van der Waals surface area contributed by atoms with Crippen molar-refractivity contribution in [3.63, 3.8) is 0 Å². The van der Waals surface area contributed by atoms with Crippen LogP contribution in [0.15, 0.2) is 29.3 Å². The van der Waals surface area contributed by atoms with E-state index in [9.17, 15) is 4.79 Å². The molecular formula is C14H17N5O. The molecule has 0 N–H and O–H groups in total. The molecule has 3 aromatic heterocycles. The third-order valence-corrected chi connectivity index (χ3v) is 3.64. The standard InChI is InChI=1S/C14H17N5O/c1-4-19-10(2)15-16-12(19)9-18-8-6-11-5-7-17(3)13(11)14(18)20/h5-8H,4,9H2,1-3H3. The van der Waals surface area contributed by atoms with Crippen LogP contribution in [-0.2, 0) is 20.1 Å². The van der Waals surface area contributed by atoms with Crippen LogP contribution in [0.2, 0.25) is 0 Å². The van der Waals surface area contributed by atoms with Crippen LogP contribution in [0.25, 0.3) is 10.9 Å². The Morgan fingerprint density at radius 1 is 1.20 bits per heavy atom. The Hall–Kier alpha value is -2.37. The van der Waals surface area contributed by atoms with Gasteiger partial charge in [0.2, 0.25) is 0 Å². The van der Waals surface area contributed by atoms with Gasteiger partial charge in [-0.15, -0.1) is 10.2 Å². The molecule has 0 aliphatic heterocycles. The second-order valence-electron chi connectivity index (χ2n) is 4.89. The average molecular weight is 271 g/mol. The predicted octanol–water partition coefficient (Wildman–Crippen LogP) is 1.31. The van der Waals surface area contributed by atoms with Gasteiger partial charge in [-0.25, -0.2) is 0 Å². The summed E-state index contributed by atoms with van der Waals surface area (Å²) in [4.78, 5) is 12.5. The van der Waals surface area contributed by atoms with Crippen LogP contribution >= 0.6 is 0 Å². The number of fused-ring (bicyclic) bond motifs is 1. The maximum atomic E-state index is 12.5. The first-order chi connectivity index (χ1) is 9.61. The molecule has 3 aromatic rings. The van der Waals surface area contributed by atoms with Crippen LogP contribution in [-0.4, -0.2) is 23.9 Å². The molecule has 6 nitrogen and oxygen atoms in total. The van der Waals surface area contributed by atoms with Gasteiger partial charge in [0, 0.05) is 31.4 Å². The highest BCUT2D eigenvalue weighted by Crippen LogP contribution is 2.10. The van der Waals surface area contributed by atoms with Crippen LogP contribution in [0.3, 0.4) is 0 Å². The van der Waals surface area contributed by atoms with E-state index in [1.54, 1.807) is 4.57 Å². The van der Waals surface area contributed by atoms with Crippen molar-refractivity contribution >= 4 is 10.9 Å². The molecule has 0 saturated carbocycles. The number of rotatable bonds is 3. The second-order valence-corrected chi connectivity index (χ2v) is 4.89. The molecule has 104 valence electrons. The van der Waals surface area contributed by atoms with E-state index in [4.69, 9.17) is 0 Å². The van der Waals surface area contributed by atoms with Crippen LogP contribution in [0.5, 0.6) is 0 Å². The largest absolute Gasteiger partial charge is 0.346 e. The average Bonchev–Trinajstić information content (AvgIpc) is 2.97. The smallest absolute Gasteiger partial charge is 0.275 e. The van der Waals surface area contributed by atoms with Gasteiger partial charge >= 0.3 is 0 Å². The van der Waals surface area contributed by atoms with Gasteiger partial charge in [-0.3, -0.25) is 4.79 Å². The highest BCUT2D eigenvalue weighted by atomic mass is 16.1. The molecule has 0 atom stereocenters. The third kappa shape index (κ3) is 1.84. The van der Waals surface area contributed by atoms with Crippen LogP contribution in [0.1, 0.15) is 18.6 Å². The first-order valence-electron chi connectivity index (χ1n) is 6.65. The molecule has 0 amide bonds. The summed E-state index contributed by atoms with van der Waals surface area (Å²) < 4.78 is 5.55. The van der Waals surface area contributed by atoms with Gasteiger partial charge in [0.25, 0.3) is 5.56 Å². The first-order valence-corrected chi connectivity index (χ1v) is 6.65. The maximum Gasteiger partial charge on any atom is 0.275 e. The number of pyridine rings is 1. The molecule has 0 aromatic carbocycles. The Balaban J connectivity index is 2.09. The number of hydrogen-bond acceptors (Lipinski definition) is 3. The second kappa shape index (κ2) is 4.63. The summed E-state index contributed by atoms with van der Waals surface area (Å²) in [6.07, 6.45) is 3.71. The lowest BCUT2D eigenvalue weighted by molar-refractivity contribution is 0.630. The molecule has 0 fully saturated rings. The summed E-state index contributed by atoms with van der Waals surface area (Å²) >= 11 is 0. The van der Waals surface area contributed by atoms with Gasteiger partial charge in [-0.05, 0) is 26.0 Å². The zero-order valence-electron chi connectivity index (χ0n) is 11.9. The molecule has 6 heteroatoms. The Bertz CT molecular complexity index is 824. The molecule has 0 bridgehead atoms. The fourth-order valence-corrected chi connectivity index (χ4v) is 2.56. The number of nitrogens with zero attached hydrogens (tertiary/aromatic N) is 5. The van der Waals surface area contributed by atoms with Gasteiger partial charge in [0.05, 0.1) is 6.54 Å². The zero-order chi connectivity index (χ0) is 14.3. The molecule has 0 spiro atoms. The van der Waals surface area contributed by atoms with Crippen LogP contribution < -0.4 is 5.56 Å². The van der Waals surface area contributed by atoms with Crippen molar-refractivity contribution in [1.82, 2.24) is 23.9 Å². The van der Waals surface area contributed by atoms with Crippen molar-refractivity contribution in [3.8, 4) is 0 Å². The van der Waals surface area contributed by atoms with E-state index < -0.39 is 0 Å². The van der Waals surface area contributed by atoms with Crippen molar-refractivity contribution in [2.45, 2.75) is 26.9 Å². The van der Waals surface area contributed by atoms with Gasteiger partial charge in [0.15, 0.2) is 5.82 Å². The van der Waals surface area contributed by atoms with E-state index in [0.717, 1.165) is 23.6 Å². The van der Waals surface area contributed by atoms with Crippen molar-refractivity contribution in [2.75, 3.05) is 0 Å². The minimum absolute atomic E-state index is 0.00157. The number of aryl methyl sites for hydroxylation is 2. The lowest BCUT2D eigenvalue weighted by Crippen LogP contribution is -2.23. The minimum atomic E-state index is -0.00157. The van der Waals surface area contributed by atoms with E-state index in [1.165, 1.54) is 0 Å². The summed E-state index contributed by atoms with van der Waals surface area (Å²) in [7, 11) is 1.88. The summed E-state index contributed by atoms with van der Waals surface area (Å²) in [6, 6.07) is 3.90. The van der Waals surface area contributed by atoms with Crippen molar-refractivity contribution < 1.29 is 0 Å². The van der Waals surface area contributed by atoms with Gasteiger partial charge in [-0.1, -0.05) is 0 Å². The fraction of sp³-hybridized carbons (Fsp3) is 0.357. The lowest BCUT2D eigenvalue weighted by atomic mass is 10.3. The molecular weight excluding hydrogens is 254 g/mol. The quantitative estimate of drug-likeness (QED) is 0.721. The Kier molecular flexibility index (Phi) is 2.93. The van der Waals surface area contributed by atoms with E-state index in [0.29, 0.717) is 12.1 Å². The third-order valence-electron chi connectivity index (χ3n) is 3.64. The molecule has 0 unspecified atom stereocenters. The molecule has 3 rings (SSSR count). The van der Waals surface area contributed by atoms with Crippen molar-refractivity contribution in [2.24, 2.45) is 7.05 Å². The van der Waals surface area contributed by atoms with E-state index in [1.807, 2.05) is 54.6 Å². The summed E-state index contributed by atoms with van der Waals surface area (Å²) in [6.45, 7) is 5.20. The Morgan fingerprint density at radius 3 is 2.70 bits per heavy atom. The van der Waals surface area contributed by atoms with Crippen molar-refractivity contribution in [3.05, 3.63) is 46.5 Å². The highest BCUT2D eigenvalue weighted by molar-refractivity contribution is 5.78. The lowest BCUT2D eigenvalue weighted by Gasteiger charge is -2.08.